The summed E-state index contributed by atoms with van der Waals surface area (Å²) in [6.45, 7) is 5.91. The molecule has 0 unspecified atom stereocenters. The highest BCUT2D eigenvalue weighted by molar-refractivity contribution is 5.87. The third-order valence-electron chi connectivity index (χ3n) is 4.88. The van der Waals surface area contributed by atoms with Crippen LogP contribution in [0.4, 0.5) is 5.69 Å². The van der Waals surface area contributed by atoms with E-state index >= 15 is 0 Å². The Morgan fingerprint density at radius 1 is 1.23 bits per heavy atom. The maximum Gasteiger partial charge on any atom is 0.243 e. The number of benzene rings is 2. The van der Waals surface area contributed by atoms with Crippen molar-refractivity contribution in [2.45, 2.75) is 26.2 Å². The van der Waals surface area contributed by atoms with Crippen LogP contribution in [0.3, 0.4) is 0 Å². The van der Waals surface area contributed by atoms with Gasteiger partial charge in [0.05, 0.1) is 6.21 Å². The van der Waals surface area contributed by atoms with Crippen LogP contribution < -0.4 is 10.3 Å². The molecular weight excluding hydrogens is 326 g/mol. The summed E-state index contributed by atoms with van der Waals surface area (Å²) >= 11 is 0. The summed E-state index contributed by atoms with van der Waals surface area (Å²) in [5.74, 6) is 0.344. The van der Waals surface area contributed by atoms with E-state index in [4.69, 9.17) is 0 Å². The molecule has 2 N–H and O–H groups in total. The molecule has 136 valence electrons. The van der Waals surface area contributed by atoms with E-state index in [-0.39, 0.29) is 23.5 Å². The molecule has 3 rings (SSSR count). The summed E-state index contributed by atoms with van der Waals surface area (Å²) in [4.78, 5) is 14.3. The Balaban J connectivity index is 1.56. The van der Waals surface area contributed by atoms with Crippen molar-refractivity contribution >= 4 is 17.8 Å². The lowest BCUT2D eigenvalue weighted by Gasteiger charge is -2.21. The number of carbonyl (C=O) groups excluding carboxylic acids is 1. The molecule has 2 atom stereocenters. The number of hydrogen-bond acceptors (Lipinski definition) is 4. The Kier molecular flexibility index (Phi) is 5.56. The van der Waals surface area contributed by atoms with Crippen molar-refractivity contribution in [3.8, 4) is 5.75 Å². The third-order valence-corrected chi connectivity index (χ3v) is 4.88. The van der Waals surface area contributed by atoms with Gasteiger partial charge in [-0.25, -0.2) is 5.43 Å². The summed E-state index contributed by atoms with van der Waals surface area (Å²) < 4.78 is 0. The minimum Gasteiger partial charge on any atom is -0.507 e. The standard InChI is InChI=1S/C21H25N3O2/c1-3-24(4-2)17-11-10-16(20(25)12-17)14-22-23-21(26)19-13-18(19)15-8-6-5-7-9-15/h5-12,14,18-19,25H,3-4,13H2,1-2H3,(H,23,26)/b22-14+/t18-,19-/m0/s1. The topological polar surface area (TPSA) is 64.9 Å². The number of carbonyl (C=O) groups is 1. The highest BCUT2D eigenvalue weighted by Crippen LogP contribution is 2.47. The lowest BCUT2D eigenvalue weighted by atomic mass is 10.1. The fourth-order valence-electron chi connectivity index (χ4n) is 3.23. The van der Waals surface area contributed by atoms with Crippen molar-refractivity contribution < 1.29 is 9.90 Å². The first kappa shape index (κ1) is 18.0. The van der Waals surface area contributed by atoms with Crippen LogP contribution in [0.1, 0.15) is 37.3 Å². The van der Waals surface area contributed by atoms with Gasteiger partial charge in [-0.2, -0.15) is 5.10 Å². The summed E-state index contributed by atoms with van der Waals surface area (Å²) in [6.07, 6.45) is 2.34. The molecule has 0 radical (unpaired) electrons. The summed E-state index contributed by atoms with van der Waals surface area (Å²) in [5, 5.41) is 14.2. The third kappa shape index (κ3) is 4.04. The van der Waals surface area contributed by atoms with E-state index < -0.39 is 0 Å². The number of phenols is 1. The molecule has 0 aliphatic heterocycles. The van der Waals surface area contributed by atoms with Crippen LogP contribution in [0.25, 0.3) is 0 Å². The number of hydrazone groups is 1. The van der Waals surface area contributed by atoms with Crippen molar-refractivity contribution in [2.75, 3.05) is 18.0 Å². The SMILES string of the molecule is CCN(CC)c1ccc(/C=N/NC(=O)[C@H]2C[C@H]2c2ccccc2)c(O)c1. The van der Waals surface area contributed by atoms with Crippen molar-refractivity contribution in [2.24, 2.45) is 11.0 Å². The van der Waals surface area contributed by atoms with Crippen molar-refractivity contribution in [1.29, 1.82) is 0 Å². The predicted octanol–water partition coefficient (Wildman–Crippen LogP) is 3.49. The van der Waals surface area contributed by atoms with E-state index in [2.05, 4.69) is 41.4 Å². The zero-order chi connectivity index (χ0) is 18.5. The average Bonchev–Trinajstić information content (AvgIpc) is 3.46. The Bertz CT molecular complexity index is 785. The highest BCUT2D eigenvalue weighted by Gasteiger charge is 2.43. The van der Waals surface area contributed by atoms with Gasteiger partial charge >= 0.3 is 0 Å². The molecule has 1 amide bonds. The Morgan fingerprint density at radius 3 is 2.62 bits per heavy atom. The highest BCUT2D eigenvalue weighted by atomic mass is 16.3. The summed E-state index contributed by atoms with van der Waals surface area (Å²) in [6, 6.07) is 15.5. The summed E-state index contributed by atoms with van der Waals surface area (Å²) in [5.41, 5.74) is 5.33. The molecule has 1 fully saturated rings. The van der Waals surface area contributed by atoms with E-state index in [9.17, 15) is 9.90 Å². The average molecular weight is 351 g/mol. The molecule has 2 aromatic carbocycles. The first-order valence-electron chi connectivity index (χ1n) is 9.09. The van der Waals surface area contributed by atoms with Gasteiger partial charge in [0.2, 0.25) is 5.91 Å². The molecule has 0 spiro atoms. The maximum atomic E-state index is 12.2. The fourth-order valence-corrected chi connectivity index (χ4v) is 3.23. The first-order valence-corrected chi connectivity index (χ1v) is 9.09. The van der Waals surface area contributed by atoms with Crippen LogP contribution >= 0.6 is 0 Å². The van der Waals surface area contributed by atoms with Crippen LogP contribution in [0.5, 0.6) is 5.75 Å². The number of phenolic OH excluding ortho intramolecular Hbond substituents is 1. The number of anilines is 1. The monoisotopic (exact) mass is 351 g/mol. The van der Waals surface area contributed by atoms with Crippen molar-refractivity contribution in [3.05, 3.63) is 59.7 Å². The largest absolute Gasteiger partial charge is 0.507 e. The summed E-state index contributed by atoms with van der Waals surface area (Å²) in [7, 11) is 0. The van der Waals surface area contributed by atoms with Gasteiger partial charge in [0.15, 0.2) is 0 Å². The number of hydrogen-bond donors (Lipinski definition) is 2. The molecule has 0 heterocycles. The van der Waals surface area contributed by atoms with Crippen molar-refractivity contribution in [3.63, 3.8) is 0 Å². The van der Waals surface area contributed by atoms with Gasteiger partial charge in [-0.1, -0.05) is 30.3 Å². The van der Waals surface area contributed by atoms with Gasteiger partial charge in [0.1, 0.15) is 5.75 Å². The van der Waals surface area contributed by atoms with Gasteiger partial charge in [-0.3, -0.25) is 4.79 Å². The zero-order valence-electron chi connectivity index (χ0n) is 15.2. The van der Waals surface area contributed by atoms with Crippen LogP contribution in [0, 0.1) is 5.92 Å². The Labute approximate surface area is 154 Å². The second-order valence-electron chi connectivity index (χ2n) is 6.51. The molecule has 2 aromatic rings. The number of amides is 1. The molecule has 26 heavy (non-hydrogen) atoms. The minimum absolute atomic E-state index is 0.0202. The molecular formula is C21H25N3O2. The number of nitrogens with one attached hydrogen (secondary N) is 1. The van der Waals surface area contributed by atoms with Gasteiger partial charge in [-0.05, 0) is 43.9 Å². The molecule has 5 nitrogen and oxygen atoms in total. The van der Waals surface area contributed by atoms with Crippen molar-refractivity contribution in [1.82, 2.24) is 5.43 Å². The number of aromatic hydroxyl groups is 1. The lowest BCUT2D eigenvalue weighted by Crippen LogP contribution is -2.21. The van der Waals surface area contributed by atoms with Crippen LogP contribution in [-0.4, -0.2) is 30.3 Å². The molecule has 1 aliphatic rings. The van der Waals surface area contributed by atoms with Crippen LogP contribution in [0.2, 0.25) is 0 Å². The molecule has 0 aromatic heterocycles. The van der Waals surface area contributed by atoms with E-state index in [1.54, 1.807) is 6.07 Å². The normalized spacial score (nSPS) is 18.7. The maximum absolute atomic E-state index is 12.2. The van der Waals surface area contributed by atoms with E-state index in [0.29, 0.717) is 5.56 Å². The molecule has 0 bridgehead atoms. The zero-order valence-corrected chi connectivity index (χ0v) is 15.2. The molecule has 1 aliphatic carbocycles. The second kappa shape index (κ2) is 8.04. The second-order valence-corrected chi connectivity index (χ2v) is 6.51. The predicted molar refractivity (Wildman–Crippen MR) is 105 cm³/mol. The number of nitrogens with zero attached hydrogens (tertiary/aromatic N) is 2. The molecule has 5 heteroatoms. The molecule has 1 saturated carbocycles. The van der Waals surface area contributed by atoms with E-state index in [1.165, 1.54) is 11.8 Å². The smallest absolute Gasteiger partial charge is 0.243 e. The van der Waals surface area contributed by atoms with Crippen LogP contribution in [-0.2, 0) is 4.79 Å². The van der Waals surface area contributed by atoms with E-state index in [1.807, 2.05) is 30.3 Å². The first-order chi connectivity index (χ1) is 12.6. The number of rotatable bonds is 7. The van der Waals surface area contributed by atoms with Gasteiger partial charge < -0.3 is 10.0 Å². The fraction of sp³-hybridized carbons (Fsp3) is 0.333. The van der Waals surface area contributed by atoms with Gasteiger partial charge in [-0.15, -0.1) is 0 Å². The van der Waals surface area contributed by atoms with Crippen LogP contribution in [0.15, 0.2) is 53.6 Å². The lowest BCUT2D eigenvalue weighted by molar-refractivity contribution is -0.122. The Hall–Kier alpha value is -2.82. The van der Waals surface area contributed by atoms with E-state index in [0.717, 1.165) is 25.2 Å². The molecule has 0 saturated heterocycles. The van der Waals surface area contributed by atoms with Gasteiger partial charge in [0, 0.05) is 36.3 Å². The quantitative estimate of drug-likeness (QED) is 0.593. The van der Waals surface area contributed by atoms with Gasteiger partial charge in [0.25, 0.3) is 0 Å². The Morgan fingerprint density at radius 2 is 1.96 bits per heavy atom. The minimum atomic E-state index is -0.0747.